The van der Waals surface area contributed by atoms with Gasteiger partial charge in [0.1, 0.15) is 17.5 Å². The molecule has 2 saturated heterocycles. The molecule has 0 saturated carbocycles. The van der Waals surface area contributed by atoms with E-state index in [1.807, 2.05) is 39.0 Å². The van der Waals surface area contributed by atoms with Gasteiger partial charge in [-0.3, -0.25) is 4.79 Å². The smallest absolute Gasteiger partial charge is 0.191 e. The molecule has 0 aromatic heterocycles. The third-order valence-corrected chi connectivity index (χ3v) is 6.84. The molecular formula is C21H21BrO5. The summed E-state index contributed by atoms with van der Waals surface area (Å²) < 4.78 is 18.5. The van der Waals surface area contributed by atoms with E-state index >= 15 is 0 Å². The van der Waals surface area contributed by atoms with Crippen LogP contribution in [-0.4, -0.2) is 42.1 Å². The molecule has 3 heterocycles. The molecule has 1 aromatic rings. The molecule has 0 spiro atoms. The molecule has 3 aliphatic heterocycles. The molecule has 4 aliphatic rings. The molecule has 5 nitrogen and oxygen atoms in total. The highest BCUT2D eigenvalue weighted by Gasteiger charge is 2.70. The van der Waals surface area contributed by atoms with Crippen molar-refractivity contribution in [3.8, 4) is 0 Å². The Kier molecular flexibility index (Phi) is 3.76. The Morgan fingerprint density at radius 2 is 1.78 bits per heavy atom. The van der Waals surface area contributed by atoms with Crippen LogP contribution >= 0.6 is 15.9 Å². The number of benzene rings is 1. The first kappa shape index (κ1) is 17.6. The van der Waals surface area contributed by atoms with Crippen LogP contribution in [0.5, 0.6) is 0 Å². The van der Waals surface area contributed by atoms with Gasteiger partial charge in [0.05, 0.1) is 30.6 Å². The topological polar surface area (TPSA) is 65.0 Å². The van der Waals surface area contributed by atoms with Gasteiger partial charge in [-0.05, 0) is 43.5 Å². The van der Waals surface area contributed by atoms with E-state index in [1.54, 1.807) is 0 Å². The summed E-state index contributed by atoms with van der Waals surface area (Å²) in [6, 6.07) is 4.09. The number of rotatable bonds is 2. The molecule has 0 radical (unpaired) electrons. The second kappa shape index (κ2) is 5.77. The molecule has 5 rings (SSSR count). The summed E-state index contributed by atoms with van der Waals surface area (Å²) >= 11 is 3.56. The lowest BCUT2D eigenvalue weighted by molar-refractivity contribution is -0.179. The number of ether oxygens (including phenoxy) is 3. The Morgan fingerprint density at radius 1 is 1.15 bits per heavy atom. The van der Waals surface area contributed by atoms with Crippen molar-refractivity contribution in [1.29, 1.82) is 0 Å². The van der Waals surface area contributed by atoms with Crippen molar-refractivity contribution in [2.75, 3.05) is 13.2 Å². The predicted octanol–water partition coefficient (Wildman–Crippen LogP) is 3.50. The number of aliphatic hydroxyl groups is 1. The highest BCUT2D eigenvalue weighted by atomic mass is 79.9. The maximum Gasteiger partial charge on any atom is 0.191 e. The van der Waals surface area contributed by atoms with Crippen molar-refractivity contribution in [3.05, 3.63) is 50.7 Å². The lowest BCUT2D eigenvalue weighted by Gasteiger charge is -2.33. The molecular weight excluding hydrogens is 412 g/mol. The number of carbonyl (C=O) groups is 1. The number of fused-ring (bicyclic) bond motifs is 5. The number of allylic oxidation sites excluding steroid dienone is 1. The minimum atomic E-state index is -0.996. The first-order valence-corrected chi connectivity index (χ1v) is 9.99. The number of Topliss-reactive ketones (excluding diaryl/α,β-unsaturated/α-hetero) is 1. The molecule has 6 heteroatoms. The van der Waals surface area contributed by atoms with Crippen LogP contribution in [0.15, 0.2) is 28.5 Å². The predicted molar refractivity (Wildman–Crippen MR) is 102 cm³/mol. The van der Waals surface area contributed by atoms with Crippen LogP contribution in [0.2, 0.25) is 0 Å². The summed E-state index contributed by atoms with van der Waals surface area (Å²) in [7, 11) is 0. The normalized spacial score (nSPS) is 35.3. The van der Waals surface area contributed by atoms with Gasteiger partial charge in [-0.2, -0.15) is 0 Å². The highest BCUT2D eigenvalue weighted by molar-refractivity contribution is 9.11. The Morgan fingerprint density at radius 3 is 2.41 bits per heavy atom. The number of hydrogen-bond donors (Lipinski definition) is 1. The van der Waals surface area contributed by atoms with Gasteiger partial charge in [-0.15, -0.1) is 0 Å². The molecule has 1 aromatic carbocycles. The van der Waals surface area contributed by atoms with Crippen LogP contribution in [-0.2, 0) is 19.0 Å². The van der Waals surface area contributed by atoms with E-state index in [1.165, 1.54) is 0 Å². The number of ketones is 1. The molecule has 0 amide bonds. The summed E-state index contributed by atoms with van der Waals surface area (Å²) in [6.07, 6.45) is 0.870. The summed E-state index contributed by atoms with van der Waals surface area (Å²) in [5.74, 6) is -0.929. The van der Waals surface area contributed by atoms with Crippen LogP contribution < -0.4 is 0 Å². The SMILES string of the molecule is Cc1cc(C)c(C2=C(O)[C@H]3[C@H]4OC(C5OCCO5)(C=C4Br)[C@H]3C2=O)c(C)c1. The molecule has 1 aliphatic carbocycles. The summed E-state index contributed by atoms with van der Waals surface area (Å²) in [5.41, 5.74) is 3.37. The fourth-order valence-corrected chi connectivity index (χ4v) is 6.04. The first-order chi connectivity index (χ1) is 12.8. The lowest BCUT2D eigenvalue weighted by atomic mass is 9.75. The van der Waals surface area contributed by atoms with Gasteiger partial charge in [0.15, 0.2) is 12.1 Å². The summed E-state index contributed by atoms with van der Waals surface area (Å²) in [6.45, 7) is 6.94. The van der Waals surface area contributed by atoms with Crippen LogP contribution in [0.4, 0.5) is 0 Å². The van der Waals surface area contributed by atoms with Gasteiger partial charge >= 0.3 is 0 Å². The second-order valence-electron chi connectivity index (χ2n) is 7.90. The second-order valence-corrected chi connectivity index (χ2v) is 8.81. The standard InChI is InChI=1S/C21H21BrO5/c1-9-6-10(2)13(11(3)7-9)14-17(23)15-16(18(14)24)21(20-25-4-5-26-20)8-12(22)19(15)27-21/h6-8,15-16,19-20,23H,4-5H2,1-3H3/t15-,16+,19-,21?/m0/s1. The molecule has 1 N–H and O–H groups in total. The number of aryl methyl sites for hydroxylation is 3. The van der Waals surface area contributed by atoms with E-state index in [-0.39, 0.29) is 11.5 Å². The van der Waals surface area contributed by atoms with Gasteiger partial charge in [0.25, 0.3) is 0 Å². The molecule has 27 heavy (non-hydrogen) atoms. The van der Waals surface area contributed by atoms with Gasteiger partial charge in [0.2, 0.25) is 0 Å². The Hall–Kier alpha value is -1.47. The van der Waals surface area contributed by atoms with E-state index in [4.69, 9.17) is 14.2 Å². The zero-order chi connectivity index (χ0) is 19.1. The largest absolute Gasteiger partial charge is 0.511 e. The van der Waals surface area contributed by atoms with Gasteiger partial charge < -0.3 is 19.3 Å². The maximum absolute atomic E-state index is 13.6. The van der Waals surface area contributed by atoms with Gasteiger partial charge in [0, 0.05) is 4.48 Å². The van der Waals surface area contributed by atoms with E-state index < -0.39 is 29.8 Å². The maximum atomic E-state index is 13.6. The molecule has 142 valence electrons. The van der Waals surface area contributed by atoms with Crippen LogP contribution in [0, 0.1) is 32.6 Å². The van der Waals surface area contributed by atoms with Crippen molar-refractivity contribution < 1.29 is 24.1 Å². The third-order valence-electron chi connectivity index (χ3n) is 6.16. The zero-order valence-electron chi connectivity index (χ0n) is 15.4. The number of hydrogen-bond acceptors (Lipinski definition) is 5. The van der Waals surface area contributed by atoms with Gasteiger partial charge in [-0.25, -0.2) is 0 Å². The van der Waals surface area contributed by atoms with E-state index in [9.17, 15) is 9.90 Å². The van der Waals surface area contributed by atoms with Crippen molar-refractivity contribution in [2.45, 2.75) is 38.8 Å². The summed E-state index contributed by atoms with van der Waals surface area (Å²) in [5, 5.41) is 11.1. The van der Waals surface area contributed by atoms with E-state index in [0.717, 1.165) is 26.7 Å². The lowest BCUT2D eigenvalue weighted by Crippen LogP contribution is -2.49. The van der Waals surface area contributed by atoms with Crippen molar-refractivity contribution in [3.63, 3.8) is 0 Å². The van der Waals surface area contributed by atoms with E-state index in [2.05, 4.69) is 15.9 Å². The average molecular weight is 433 g/mol. The Balaban J connectivity index is 1.66. The first-order valence-electron chi connectivity index (χ1n) is 9.20. The molecule has 2 bridgehead atoms. The quantitative estimate of drug-likeness (QED) is 0.774. The Labute approximate surface area is 166 Å². The number of halogens is 1. The minimum Gasteiger partial charge on any atom is -0.511 e. The minimum absolute atomic E-state index is 0.0922. The van der Waals surface area contributed by atoms with Crippen LogP contribution in [0.1, 0.15) is 22.3 Å². The van der Waals surface area contributed by atoms with Crippen LogP contribution in [0.3, 0.4) is 0 Å². The number of aliphatic hydroxyl groups excluding tert-OH is 1. The fourth-order valence-electron chi connectivity index (χ4n) is 5.30. The highest BCUT2D eigenvalue weighted by Crippen LogP contribution is 2.61. The third kappa shape index (κ3) is 2.18. The van der Waals surface area contributed by atoms with Crippen LogP contribution in [0.25, 0.3) is 5.57 Å². The molecule has 2 fully saturated rings. The van der Waals surface area contributed by atoms with Gasteiger partial charge in [-0.1, -0.05) is 33.6 Å². The number of carbonyl (C=O) groups excluding carboxylic acids is 1. The Bertz CT molecular complexity index is 903. The van der Waals surface area contributed by atoms with Crippen molar-refractivity contribution >= 4 is 27.3 Å². The molecule has 1 unspecified atom stereocenters. The van der Waals surface area contributed by atoms with Crippen molar-refractivity contribution in [1.82, 2.24) is 0 Å². The average Bonchev–Trinajstić information content (AvgIpc) is 3.32. The zero-order valence-corrected chi connectivity index (χ0v) is 17.0. The summed E-state index contributed by atoms with van der Waals surface area (Å²) in [4.78, 5) is 13.6. The monoisotopic (exact) mass is 432 g/mol. The van der Waals surface area contributed by atoms with E-state index in [0.29, 0.717) is 18.8 Å². The molecule has 4 atom stereocenters. The fraction of sp³-hybridized carbons (Fsp3) is 0.476. The van der Waals surface area contributed by atoms with Crippen molar-refractivity contribution in [2.24, 2.45) is 11.8 Å².